The van der Waals surface area contributed by atoms with Crippen molar-refractivity contribution in [2.24, 2.45) is 5.92 Å². The zero-order valence-electron chi connectivity index (χ0n) is 19.8. The van der Waals surface area contributed by atoms with Gasteiger partial charge in [0.25, 0.3) is 0 Å². The van der Waals surface area contributed by atoms with E-state index in [1.807, 2.05) is 5.32 Å². The molecular weight excluding hydrogens is 488 g/mol. The molecule has 0 rings (SSSR count). The van der Waals surface area contributed by atoms with E-state index in [0.29, 0.717) is 0 Å². The molecule has 0 fully saturated rings. The standard InChI is InChI=1S/C20H30N4O12/c1-8(2)16(19(34)23-12(20(35)36)7-15(30)31)24-17(32)10(4-5-13(26)27)22-18(33)11(6-14(28)29)21-9(3)25/h8,10-12,16H,4-7H2,1-3H3,(H,21,25)(H,22,33)(H,23,34)(H,24,32)(H,26,27)(H,28,29)(H,30,31)(H,35,36)/t10-,11-,12-,16-/m0/s1. The van der Waals surface area contributed by atoms with Gasteiger partial charge in [0.05, 0.1) is 12.8 Å². The lowest BCUT2D eigenvalue weighted by Gasteiger charge is -2.27. The number of carbonyl (C=O) groups excluding carboxylic acids is 4. The number of nitrogens with one attached hydrogen (secondary N) is 4. The van der Waals surface area contributed by atoms with E-state index in [-0.39, 0.29) is 0 Å². The summed E-state index contributed by atoms with van der Waals surface area (Å²) in [6, 6.07) is -6.38. The molecule has 0 unspecified atom stereocenters. The van der Waals surface area contributed by atoms with Crippen LogP contribution in [0.25, 0.3) is 0 Å². The summed E-state index contributed by atoms with van der Waals surface area (Å²) >= 11 is 0. The van der Waals surface area contributed by atoms with E-state index in [0.717, 1.165) is 6.92 Å². The molecule has 0 aromatic rings. The van der Waals surface area contributed by atoms with Crippen molar-refractivity contribution in [2.75, 3.05) is 0 Å². The molecule has 0 saturated carbocycles. The number of hydrogen-bond acceptors (Lipinski definition) is 8. The molecule has 0 heterocycles. The van der Waals surface area contributed by atoms with Gasteiger partial charge in [0, 0.05) is 13.3 Å². The number of carbonyl (C=O) groups is 8. The van der Waals surface area contributed by atoms with Crippen LogP contribution in [0.15, 0.2) is 0 Å². The lowest BCUT2D eigenvalue weighted by Crippen LogP contribution is -2.59. The van der Waals surface area contributed by atoms with Crippen LogP contribution in [0.4, 0.5) is 0 Å². The summed E-state index contributed by atoms with van der Waals surface area (Å²) in [5.41, 5.74) is 0. The number of carboxylic acid groups (broad SMARTS) is 4. The van der Waals surface area contributed by atoms with Crippen LogP contribution in [0.3, 0.4) is 0 Å². The molecule has 36 heavy (non-hydrogen) atoms. The third-order valence-electron chi connectivity index (χ3n) is 4.59. The topological polar surface area (TPSA) is 266 Å². The molecular formula is C20H30N4O12. The van der Waals surface area contributed by atoms with Crippen molar-refractivity contribution >= 4 is 47.5 Å². The molecule has 4 amide bonds. The summed E-state index contributed by atoms with van der Waals surface area (Å²) in [6.45, 7) is 3.97. The number of carboxylic acids is 4. The van der Waals surface area contributed by atoms with Crippen molar-refractivity contribution in [3.05, 3.63) is 0 Å². The van der Waals surface area contributed by atoms with Gasteiger partial charge in [-0.1, -0.05) is 13.8 Å². The van der Waals surface area contributed by atoms with Gasteiger partial charge in [-0.3, -0.25) is 33.6 Å². The van der Waals surface area contributed by atoms with E-state index in [1.165, 1.54) is 13.8 Å². The fourth-order valence-electron chi connectivity index (χ4n) is 2.86. The van der Waals surface area contributed by atoms with Gasteiger partial charge in [0.15, 0.2) is 0 Å². The van der Waals surface area contributed by atoms with Crippen LogP contribution in [0.2, 0.25) is 0 Å². The third kappa shape index (κ3) is 12.3. The molecule has 0 bridgehead atoms. The quantitative estimate of drug-likeness (QED) is 0.105. The fourth-order valence-corrected chi connectivity index (χ4v) is 2.86. The summed E-state index contributed by atoms with van der Waals surface area (Å²) < 4.78 is 0. The van der Waals surface area contributed by atoms with Crippen LogP contribution in [0.5, 0.6) is 0 Å². The lowest BCUT2D eigenvalue weighted by molar-refractivity contribution is -0.147. The maximum Gasteiger partial charge on any atom is 0.326 e. The van der Waals surface area contributed by atoms with Crippen LogP contribution >= 0.6 is 0 Å². The van der Waals surface area contributed by atoms with E-state index >= 15 is 0 Å². The van der Waals surface area contributed by atoms with Crippen molar-refractivity contribution in [1.29, 1.82) is 0 Å². The number of amides is 4. The molecule has 0 aliphatic rings. The lowest BCUT2D eigenvalue weighted by atomic mass is 10.0. The van der Waals surface area contributed by atoms with Crippen LogP contribution in [-0.4, -0.2) is 92.1 Å². The van der Waals surface area contributed by atoms with Crippen molar-refractivity contribution in [3.8, 4) is 0 Å². The average molecular weight is 518 g/mol. The number of aliphatic carboxylic acids is 4. The molecule has 8 N–H and O–H groups in total. The second-order valence-corrected chi connectivity index (χ2v) is 8.07. The van der Waals surface area contributed by atoms with Gasteiger partial charge in [0.2, 0.25) is 23.6 Å². The Morgan fingerprint density at radius 2 is 1.08 bits per heavy atom. The zero-order valence-corrected chi connectivity index (χ0v) is 19.8. The van der Waals surface area contributed by atoms with Crippen LogP contribution < -0.4 is 21.3 Å². The smallest absolute Gasteiger partial charge is 0.326 e. The minimum atomic E-state index is -1.80. The van der Waals surface area contributed by atoms with E-state index in [4.69, 9.17) is 20.4 Å². The highest BCUT2D eigenvalue weighted by Gasteiger charge is 2.33. The summed E-state index contributed by atoms with van der Waals surface area (Å²) in [4.78, 5) is 93.4. The van der Waals surface area contributed by atoms with Gasteiger partial charge in [-0.2, -0.15) is 0 Å². The summed E-state index contributed by atoms with van der Waals surface area (Å²) in [6.07, 6.45) is -2.86. The second kappa shape index (κ2) is 14.9. The highest BCUT2D eigenvalue weighted by atomic mass is 16.4. The highest BCUT2D eigenvalue weighted by molar-refractivity contribution is 5.96. The monoisotopic (exact) mass is 518 g/mol. The molecule has 0 aliphatic carbocycles. The van der Waals surface area contributed by atoms with Crippen LogP contribution in [0, 0.1) is 5.92 Å². The summed E-state index contributed by atoms with van der Waals surface area (Å²) in [7, 11) is 0. The van der Waals surface area contributed by atoms with Gasteiger partial charge in [0.1, 0.15) is 24.2 Å². The Labute approximate surface area is 204 Å². The van der Waals surface area contributed by atoms with Crippen molar-refractivity contribution in [3.63, 3.8) is 0 Å². The Morgan fingerprint density at radius 1 is 0.611 bits per heavy atom. The predicted molar refractivity (Wildman–Crippen MR) is 117 cm³/mol. The molecule has 0 aromatic carbocycles. The van der Waals surface area contributed by atoms with Gasteiger partial charge in [-0.05, 0) is 12.3 Å². The fraction of sp³-hybridized carbons (Fsp3) is 0.600. The van der Waals surface area contributed by atoms with E-state index < -0.39 is 103 Å². The molecule has 16 nitrogen and oxygen atoms in total. The molecule has 0 radical (unpaired) electrons. The molecule has 0 saturated heterocycles. The minimum Gasteiger partial charge on any atom is -0.481 e. The zero-order chi connectivity index (χ0) is 28.2. The average Bonchev–Trinajstić information content (AvgIpc) is 2.71. The largest absolute Gasteiger partial charge is 0.481 e. The first kappa shape index (κ1) is 31.8. The Morgan fingerprint density at radius 3 is 1.50 bits per heavy atom. The molecule has 202 valence electrons. The first-order valence-corrected chi connectivity index (χ1v) is 10.6. The predicted octanol–water partition coefficient (Wildman–Crippen LogP) is -2.50. The Hall–Kier alpha value is -4.24. The third-order valence-corrected chi connectivity index (χ3v) is 4.59. The Bertz CT molecular complexity index is 872. The molecule has 0 aromatic heterocycles. The highest BCUT2D eigenvalue weighted by Crippen LogP contribution is 2.07. The van der Waals surface area contributed by atoms with E-state index in [1.54, 1.807) is 0 Å². The SMILES string of the molecule is CC(=O)N[C@@H](CC(=O)O)C(=O)N[C@@H](CCC(=O)O)C(=O)N[C@H](C(=O)N[C@@H](CC(=O)O)C(=O)O)C(C)C. The maximum atomic E-state index is 12.9. The van der Waals surface area contributed by atoms with E-state index in [9.17, 15) is 38.4 Å². The molecule has 16 heteroatoms. The summed E-state index contributed by atoms with van der Waals surface area (Å²) in [5, 5.41) is 44.4. The Kier molecular flexibility index (Phi) is 13.1. The van der Waals surface area contributed by atoms with Crippen LogP contribution in [-0.2, 0) is 38.4 Å². The van der Waals surface area contributed by atoms with Gasteiger partial charge in [-0.15, -0.1) is 0 Å². The van der Waals surface area contributed by atoms with Crippen molar-refractivity contribution in [1.82, 2.24) is 21.3 Å². The second-order valence-electron chi connectivity index (χ2n) is 8.07. The van der Waals surface area contributed by atoms with Gasteiger partial charge in [-0.25, -0.2) is 4.79 Å². The minimum absolute atomic E-state index is 0.476. The molecule has 4 atom stereocenters. The first-order chi connectivity index (χ1) is 16.5. The van der Waals surface area contributed by atoms with Crippen LogP contribution in [0.1, 0.15) is 46.5 Å². The van der Waals surface area contributed by atoms with E-state index in [2.05, 4.69) is 16.0 Å². The van der Waals surface area contributed by atoms with Crippen molar-refractivity contribution < 1.29 is 58.8 Å². The first-order valence-electron chi connectivity index (χ1n) is 10.6. The summed E-state index contributed by atoms with van der Waals surface area (Å²) in [5.74, 6) is -10.5. The normalized spacial score (nSPS) is 13.9. The maximum absolute atomic E-state index is 12.9. The Balaban J connectivity index is 5.74. The molecule has 0 aliphatic heterocycles. The number of rotatable bonds is 16. The van der Waals surface area contributed by atoms with Gasteiger partial charge < -0.3 is 41.7 Å². The van der Waals surface area contributed by atoms with Gasteiger partial charge >= 0.3 is 23.9 Å². The molecule has 0 spiro atoms. The van der Waals surface area contributed by atoms with Crippen molar-refractivity contribution in [2.45, 2.75) is 70.6 Å². The number of hydrogen-bond donors (Lipinski definition) is 8.